The van der Waals surface area contributed by atoms with Crippen molar-refractivity contribution in [2.75, 3.05) is 12.3 Å². The fraction of sp³-hybridized carbons (Fsp3) is 0.556. The molecule has 2 rings (SSSR count). The van der Waals surface area contributed by atoms with Gasteiger partial charge in [0.15, 0.2) is 6.23 Å². The van der Waals surface area contributed by atoms with Crippen LogP contribution in [0.15, 0.2) is 17.1 Å². The Hall–Kier alpha value is -1.13. The van der Waals surface area contributed by atoms with Crippen molar-refractivity contribution in [2.45, 2.75) is 24.5 Å². The van der Waals surface area contributed by atoms with Gasteiger partial charge < -0.3 is 24.9 Å². The molecule has 0 aliphatic carbocycles. The average Bonchev–Trinajstić information content (AvgIpc) is 2.66. The molecule has 0 spiro atoms. The Labute approximate surface area is 108 Å². The fourth-order valence-electron chi connectivity index (χ4n) is 1.85. The molecule has 9 heteroatoms. The van der Waals surface area contributed by atoms with E-state index >= 15 is 0 Å². The maximum atomic E-state index is 11.6. The summed E-state index contributed by atoms with van der Waals surface area (Å²) >= 11 is 3.61. The molecule has 4 N–H and O–H groups in total. The number of aromatic nitrogens is 2. The molecule has 0 amide bonds. The normalized spacial score (nSPS) is 31.7. The predicted octanol–water partition coefficient (Wildman–Crippen LogP) is -1.69. The first-order chi connectivity index (χ1) is 8.58. The minimum absolute atomic E-state index is 0.0736. The van der Waals surface area contributed by atoms with E-state index in [-0.39, 0.29) is 12.4 Å². The van der Waals surface area contributed by atoms with Gasteiger partial charge in [-0.05, 0) is 19.0 Å². The van der Waals surface area contributed by atoms with Crippen molar-refractivity contribution >= 4 is 18.7 Å². The maximum Gasteiger partial charge on any atom is 0.351 e. The smallest absolute Gasteiger partial charge is 0.351 e. The van der Waals surface area contributed by atoms with E-state index < -0.39 is 30.2 Å². The van der Waals surface area contributed by atoms with Crippen LogP contribution in [0, 0.1) is 0 Å². The summed E-state index contributed by atoms with van der Waals surface area (Å²) in [5.74, 6) is 0.0736. The third-order valence-corrected chi connectivity index (χ3v) is 2.98. The van der Waals surface area contributed by atoms with Crippen LogP contribution in [0.5, 0.6) is 0 Å². The van der Waals surface area contributed by atoms with E-state index in [1.165, 1.54) is 12.3 Å². The number of nitrogen functional groups attached to an aromatic ring is 1. The van der Waals surface area contributed by atoms with Gasteiger partial charge in [0.2, 0.25) is 0 Å². The van der Waals surface area contributed by atoms with Gasteiger partial charge in [-0.3, -0.25) is 4.57 Å². The van der Waals surface area contributed by atoms with Crippen LogP contribution in [-0.2, 0) is 8.92 Å². The molecule has 0 saturated carbocycles. The van der Waals surface area contributed by atoms with E-state index in [0.29, 0.717) is 0 Å². The highest BCUT2D eigenvalue weighted by Gasteiger charge is 2.45. The maximum absolute atomic E-state index is 11.6. The van der Waals surface area contributed by atoms with Crippen LogP contribution in [0.4, 0.5) is 5.82 Å². The first-order valence-electron chi connectivity index (χ1n) is 5.17. The van der Waals surface area contributed by atoms with Crippen LogP contribution in [0.3, 0.4) is 0 Å². The van der Waals surface area contributed by atoms with Gasteiger partial charge in [-0.2, -0.15) is 4.98 Å². The Morgan fingerprint density at radius 3 is 2.89 bits per heavy atom. The van der Waals surface area contributed by atoms with Gasteiger partial charge in [0.05, 0.1) is 6.61 Å². The lowest BCUT2D eigenvalue weighted by Crippen LogP contribution is -2.36. The Balaban J connectivity index is 2.32. The Kier molecular flexibility index (Phi) is 3.88. The predicted molar refractivity (Wildman–Crippen MR) is 63.8 cm³/mol. The molecule has 1 saturated heterocycles. The SMILES string of the molecule is Nc1ccn(C2OC(CO)C(OS)C2O)c(=O)n1. The van der Waals surface area contributed by atoms with Gasteiger partial charge in [0.25, 0.3) is 0 Å². The van der Waals surface area contributed by atoms with Gasteiger partial charge in [-0.25, -0.2) is 4.79 Å². The van der Waals surface area contributed by atoms with Crippen molar-refractivity contribution in [2.24, 2.45) is 0 Å². The van der Waals surface area contributed by atoms with Crippen LogP contribution >= 0.6 is 12.9 Å². The van der Waals surface area contributed by atoms with Gasteiger partial charge in [-0.1, -0.05) is 0 Å². The molecule has 100 valence electrons. The van der Waals surface area contributed by atoms with Gasteiger partial charge in [0.1, 0.15) is 24.1 Å². The van der Waals surface area contributed by atoms with Crippen LogP contribution in [0.2, 0.25) is 0 Å². The zero-order valence-electron chi connectivity index (χ0n) is 9.21. The first-order valence-corrected chi connectivity index (χ1v) is 5.54. The summed E-state index contributed by atoms with van der Waals surface area (Å²) in [5.41, 5.74) is 4.71. The lowest BCUT2D eigenvalue weighted by Gasteiger charge is -2.17. The molecule has 4 atom stereocenters. The number of ether oxygens (including phenoxy) is 1. The number of hydrogen-bond donors (Lipinski definition) is 4. The number of aliphatic hydroxyl groups is 2. The number of hydrogen-bond acceptors (Lipinski definition) is 8. The van der Waals surface area contributed by atoms with Crippen molar-refractivity contribution in [3.05, 3.63) is 22.7 Å². The summed E-state index contributed by atoms with van der Waals surface area (Å²) in [6, 6.07) is 1.40. The molecule has 8 nitrogen and oxygen atoms in total. The molecule has 1 fully saturated rings. The van der Waals surface area contributed by atoms with Crippen LogP contribution in [-0.4, -0.2) is 44.7 Å². The van der Waals surface area contributed by atoms with Crippen molar-refractivity contribution in [3.8, 4) is 0 Å². The van der Waals surface area contributed by atoms with Crippen molar-refractivity contribution in [3.63, 3.8) is 0 Å². The molecule has 0 radical (unpaired) electrons. The fourth-order valence-corrected chi connectivity index (χ4v) is 2.11. The molecular formula is C9H13N3O5S. The molecule has 4 unspecified atom stereocenters. The number of nitrogens with zero attached hydrogens (tertiary/aromatic N) is 2. The number of rotatable bonds is 3. The van der Waals surface area contributed by atoms with E-state index in [0.717, 1.165) is 4.57 Å². The minimum atomic E-state index is -1.15. The lowest BCUT2D eigenvalue weighted by molar-refractivity contribution is -0.0541. The second-order valence-corrected chi connectivity index (χ2v) is 4.06. The summed E-state index contributed by atoms with van der Waals surface area (Å²) in [4.78, 5) is 15.1. The third kappa shape index (κ3) is 2.22. The van der Waals surface area contributed by atoms with Gasteiger partial charge >= 0.3 is 5.69 Å². The van der Waals surface area contributed by atoms with Crippen molar-refractivity contribution in [1.29, 1.82) is 0 Å². The average molecular weight is 275 g/mol. The quantitative estimate of drug-likeness (QED) is 0.383. The topological polar surface area (TPSA) is 120 Å². The Morgan fingerprint density at radius 2 is 2.39 bits per heavy atom. The second kappa shape index (κ2) is 5.24. The molecule has 2 heterocycles. The molecular weight excluding hydrogens is 262 g/mol. The molecule has 1 aromatic heterocycles. The highest BCUT2D eigenvalue weighted by atomic mass is 32.1. The van der Waals surface area contributed by atoms with E-state index in [1.807, 2.05) is 0 Å². The molecule has 0 bridgehead atoms. The zero-order valence-corrected chi connectivity index (χ0v) is 10.1. The highest BCUT2D eigenvalue weighted by Crippen LogP contribution is 2.30. The zero-order chi connectivity index (χ0) is 13.3. The molecule has 1 aliphatic rings. The first kappa shape index (κ1) is 13.3. The summed E-state index contributed by atoms with van der Waals surface area (Å²) in [5, 5.41) is 19.1. The van der Waals surface area contributed by atoms with E-state index in [9.17, 15) is 9.90 Å². The van der Waals surface area contributed by atoms with Crippen molar-refractivity contribution in [1.82, 2.24) is 9.55 Å². The van der Waals surface area contributed by atoms with Gasteiger partial charge in [0, 0.05) is 6.20 Å². The van der Waals surface area contributed by atoms with E-state index in [2.05, 4.69) is 17.9 Å². The monoisotopic (exact) mass is 275 g/mol. The second-order valence-electron chi connectivity index (χ2n) is 3.85. The van der Waals surface area contributed by atoms with Crippen LogP contribution in [0.25, 0.3) is 0 Å². The number of thiol groups is 1. The molecule has 1 aromatic rings. The number of nitrogens with two attached hydrogens (primary N) is 1. The molecule has 18 heavy (non-hydrogen) atoms. The van der Waals surface area contributed by atoms with E-state index in [4.69, 9.17) is 19.8 Å². The van der Waals surface area contributed by atoms with Crippen LogP contribution in [0.1, 0.15) is 6.23 Å². The summed E-state index contributed by atoms with van der Waals surface area (Å²) in [6.45, 7) is -0.365. The highest BCUT2D eigenvalue weighted by molar-refractivity contribution is 7.75. The Bertz CT molecular complexity index is 482. The summed E-state index contributed by atoms with van der Waals surface area (Å²) < 4.78 is 11.2. The standard InChI is InChI=1S/C9H13N3O5S/c10-5-1-2-12(9(15)11-5)8-6(14)7(17-18)4(3-13)16-8/h1-2,4,6-8,13-14,18H,3H2,(H2,10,11,15). The van der Waals surface area contributed by atoms with Crippen molar-refractivity contribution < 1.29 is 19.1 Å². The summed E-state index contributed by atoms with van der Waals surface area (Å²) in [7, 11) is 0. The van der Waals surface area contributed by atoms with Crippen LogP contribution < -0.4 is 11.4 Å². The minimum Gasteiger partial charge on any atom is -0.394 e. The number of anilines is 1. The lowest BCUT2D eigenvalue weighted by atomic mass is 10.1. The summed E-state index contributed by atoms with van der Waals surface area (Å²) in [6.07, 6.45) is -2.41. The molecule has 0 aromatic carbocycles. The van der Waals surface area contributed by atoms with Gasteiger partial charge in [-0.15, -0.1) is 0 Å². The molecule has 1 aliphatic heterocycles. The Morgan fingerprint density at radius 1 is 1.67 bits per heavy atom. The largest absolute Gasteiger partial charge is 0.394 e. The number of aliphatic hydroxyl groups excluding tert-OH is 2. The van der Waals surface area contributed by atoms with E-state index in [1.54, 1.807) is 0 Å². The third-order valence-electron chi connectivity index (χ3n) is 2.74.